The highest BCUT2D eigenvalue weighted by atomic mass is 16.5. The van der Waals surface area contributed by atoms with Crippen LogP contribution < -0.4 is 4.74 Å². The summed E-state index contributed by atoms with van der Waals surface area (Å²) >= 11 is 0. The van der Waals surface area contributed by atoms with Gasteiger partial charge in [-0.25, -0.2) is 4.79 Å². The quantitative estimate of drug-likeness (QED) is 0.868. The lowest BCUT2D eigenvalue weighted by molar-refractivity contribution is 0.0697. The van der Waals surface area contributed by atoms with Crippen molar-refractivity contribution < 1.29 is 14.6 Å². The predicted octanol–water partition coefficient (Wildman–Crippen LogP) is 3.85. The predicted molar refractivity (Wildman–Crippen MR) is 98.1 cm³/mol. The Morgan fingerprint density at radius 1 is 1.04 bits per heavy atom. The van der Waals surface area contributed by atoms with Crippen molar-refractivity contribution in [2.24, 2.45) is 5.92 Å². The van der Waals surface area contributed by atoms with E-state index in [1.165, 1.54) is 24.0 Å². The Morgan fingerprint density at radius 3 is 2.20 bits per heavy atom. The standard InChI is InChI=1S/C21H25NO3/c1-25-20-8-4-16(5-9-20)14-17-10-12-22(13-11-17)15-18-2-6-19(7-3-18)21(23)24/h2-9,17H,10-15H2,1H3,(H,23,24). The van der Waals surface area contributed by atoms with Gasteiger partial charge in [-0.05, 0) is 73.7 Å². The molecule has 0 amide bonds. The number of ether oxygens (including phenoxy) is 1. The molecule has 0 radical (unpaired) electrons. The summed E-state index contributed by atoms with van der Waals surface area (Å²) < 4.78 is 5.21. The van der Waals surface area contributed by atoms with Crippen LogP contribution in [-0.2, 0) is 13.0 Å². The number of nitrogens with zero attached hydrogens (tertiary/aromatic N) is 1. The topological polar surface area (TPSA) is 49.8 Å². The van der Waals surface area contributed by atoms with Gasteiger partial charge < -0.3 is 9.84 Å². The molecule has 4 heteroatoms. The molecule has 0 aliphatic carbocycles. The molecule has 2 aromatic carbocycles. The average Bonchev–Trinajstić information content (AvgIpc) is 2.64. The third kappa shape index (κ3) is 4.83. The lowest BCUT2D eigenvalue weighted by Crippen LogP contribution is -2.33. The zero-order chi connectivity index (χ0) is 17.6. The minimum atomic E-state index is -0.870. The molecule has 1 fully saturated rings. The first kappa shape index (κ1) is 17.5. The fourth-order valence-electron chi connectivity index (χ4n) is 3.45. The molecule has 0 aromatic heterocycles. The van der Waals surface area contributed by atoms with Crippen molar-refractivity contribution in [3.63, 3.8) is 0 Å². The molecule has 3 rings (SSSR count). The molecule has 4 nitrogen and oxygen atoms in total. The maximum Gasteiger partial charge on any atom is 0.335 e. The Kier molecular flexibility index (Phi) is 5.71. The van der Waals surface area contributed by atoms with E-state index in [1.807, 2.05) is 24.3 Å². The summed E-state index contributed by atoms with van der Waals surface area (Å²) in [7, 11) is 1.69. The van der Waals surface area contributed by atoms with Gasteiger partial charge >= 0.3 is 5.97 Å². The van der Waals surface area contributed by atoms with E-state index in [9.17, 15) is 4.79 Å². The van der Waals surface area contributed by atoms with Crippen molar-refractivity contribution in [2.75, 3.05) is 20.2 Å². The lowest BCUT2D eigenvalue weighted by atomic mass is 9.90. The number of benzene rings is 2. The highest BCUT2D eigenvalue weighted by molar-refractivity contribution is 5.87. The number of hydrogen-bond acceptors (Lipinski definition) is 3. The molecule has 0 saturated carbocycles. The number of aromatic carboxylic acids is 1. The third-order valence-corrected chi connectivity index (χ3v) is 5.00. The first-order chi connectivity index (χ1) is 12.1. The minimum absolute atomic E-state index is 0.349. The molecule has 1 aliphatic heterocycles. The largest absolute Gasteiger partial charge is 0.497 e. The fraction of sp³-hybridized carbons (Fsp3) is 0.381. The van der Waals surface area contributed by atoms with Crippen LogP contribution in [0.4, 0.5) is 0 Å². The highest BCUT2D eigenvalue weighted by Gasteiger charge is 2.19. The Hall–Kier alpha value is -2.33. The zero-order valence-corrected chi connectivity index (χ0v) is 14.6. The number of piperidine rings is 1. The second-order valence-corrected chi connectivity index (χ2v) is 6.77. The maximum absolute atomic E-state index is 10.9. The molecular weight excluding hydrogens is 314 g/mol. The molecule has 1 heterocycles. The van der Waals surface area contributed by atoms with Crippen molar-refractivity contribution in [3.05, 3.63) is 65.2 Å². The summed E-state index contributed by atoms with van der Waals surface area (Å²) in [6.45, 7) is 3.10. The van der Waals surface area contributed by atoms with Gasteiger partial charge in [-0.2, -0.15) is 0 Å². The maximum atomic E-state index is 10.9. The van der Waals surface area contributed by atoms with E-state index in [2.05, 4.69) is 17.0 Å². The second-order valence-electron chi connectivity index (χ2n) is 6.77. The fourth-order valence-corrected chi connectivity index (χ4v) is 3.45. The van der Waals surface area contributed by atoms with Crippen molar-refractivity contribution in [1.29, 1.82) is 0 Å². The number of rotatable bonds is 6. The van der Waals surface area contributed by atoms with Crippen molar-refractivity contribution in [1.82, 2.24) is 4.90 Å². The van der Waals surface area contributed by atoms with E-state index in [0.29, 0.717) is 5.56 Å². The zero-order valence-electron chi connectivity index (χ0n) is 14.6. The van der Waals surface area contributed by atoms with Gasteiger partial charge in [0.2, 0.25) is 0 Å². The lowest BCUT2D eigenvalue weighted by Gasteiger charge is -2.32. The molecular formula is C21H25NO3. The van der Waals surface area contributed by atoms with Gasteiger partial charge in [0.05, 0.1) is 12.7 Å². The number of methoxy groups -OCH3 is 1. The van der Waals surface area contributed by atoms with Gasteiger partial charge in [0, 0.05) is 6.54 Å². The smallest absolute Gasteiger partial charge is 0.335 e. The SMILES string of the molecule is COc1ccc(CC2CCN(Cc3ccc(C(=O)O)cc3)CC2)cc1. The molecule has 0 atom stereocenters. The summed E-state index contributed by atoms with van der Waals surface area (Å²) in [5.41, 5.74) is 2.91. The van der Waals surface area contributed by atoms with Crippen molar-refractivity contribution >= 4 is 5.97 Å². The Morgan fingerprint density at radius 2 is 1.64 bits per heavy atom. The average molecular weight is 339 g/mol. The van der Waals surface area contributed by atoms with Crippen molar-refractivity contribution in [3.8, 4) is 5.75 Å². The summed E-state index contributed by atoms with van der Waals surface area (Å²) in [5.74, 6) is 0.775. The third-order valence-electron chi connectivity index (χ3n) is 5.00. The molecule has 1 aliphatic rings. The Labute approximate surface area is 149 Å². The highest BCUT2D eigenvalue weighted by Crippen LogP contribution is 2.24. The van der Waals surface area contributed by atoms with E-state index in [-0.39, 0.29) is 0 Å². The molecule has 1 N–H and O–H groups in total. The van der Waals surface area contributed by atoms with E-state index in [4.69, 9.17) is 9.84 Å². The monoisotopic (exact) mass is 339 g/mol. The van der Waals surface area contributed by atoms with E-state index in [0.717, 1.165) is 37.7 Å². The molecule has 132 valence electrons. The molecule has 25 heavy (non-hydrogen) atoms. The summed E-state index contributed by atoms with van der Waals surface area (Å²) in [5, 5.41) is 8.96. The van der Waals surface area contributed by atoms with Crippen LogP contribution in [0.3, 0.4) is 0 Å². The van der Waals surface area contributed by atoms with Gasteiger partial charge in [0.15, 0.2) is 0 Å². The van der Waals surface area contributed by atoms with Crippen molar-refractivity contribution in [2.45, 2.75) is 25.8 Å². The van der Waals surface area contributed by atoms with Gasteiger partial charge in [0.1, 0.15) is 5.75 Å². The molecule has 0 bridgehead atoms. The van der Waals surface area contributed by atoms with Gasteiger partial charge in [-0.15, -0.1) is 0 Å². The molecule has 2 aromatic rings. The summed E-state index contributed by atoms with van der Waals surface area (Å²) in [4.78, 5) is 13.4. The van der Waals surface area contributed by atoms with Crippen LogP contribution in [-0.4, -0.2) is 36.2 Å². The number of carboxylic acids is 1. The number of likely N-dealkylation sites (tertiary alicyclic amines) is 1. The molecule has 0 unspecified atom stereocenters. The van der Waals surface area contributed by atoms with Crippen LogP contribution in [0.1, 0.15) is 34.3 Å². The first-order valence-electron chi connectivity index (χ1n) is 8.81. The van der Waals surface area contributed by atoms with Gasteiger partial charge in [-0.1, -0.05) is 24.3 Å². The number of carboxylic acid groups (broad SMARTS) is 1. The van der Waals surface area contributed by atoms with Crippen LogP contribution in [0.5, 0.6) is 5.75 Å². The van der Waals surface area contributed by atoms with Crippen LogP contribution in [0.25, 0.3) is 0 Å². The number of carbonyl (C=O) groups is 1. The normalized spacial score (nSPS) is 15.9. The summed E-state index contributed by atoms with van der Waals surface area (Å²) in [6, 6.07) is 15.6. The molecule has 1 saturated heterocycles. The minimum Gasteiger partial charge on any atom is -0.497 e. The Bertz CT molecular complexity index is 686. The van der Waals surface area contributed by atoms with E-state index >= 15 is 0 Å². The van der Waals surface area contributed by atoms with E-state index < -0.39 is 5.97 Å². The van der Waals surface area contributed by atoms with Crippen LogP contribution in [0.15, 0.2) is 48.5 Å². The van der Waals surface area contributed by atoms with Gasteiger partial charge in [-0.3, -0.25) is 4.90 Å². The van der Waals surface area contributed by atoms with E-state index in [1.54, 1.807) is 19.2 Å². The number of hydrogen-bond donors (Lipinski definition) is 1. The van der Waals surface area contributed by atoms with Crippen LogP contribution >= 0.6 is 0 Å². The summed E-state index contributed by atoms with van der Waals surface area (Å²) in [6.07, 6.45) is 3.55. The van der Waals surface area contributed by atoms with Gasteiger partial charge in [0.25, 0.3) is 0 Å². The van der Waals surface area contributed by atoms with Crippen LogP contribution in [0, 0.1) is 5.92 Å². The Balaban J connectivity index is 1.47. The second kappa shape index (κ2) is 8.17. The molecule has 0 spiro atoms. The van der Waals surface area contributed by atoms with Crippen LogP contribution in [0.2, 0.25) is 0 Å². The first-order valence-corrected chi connectivity index (χ1v) is 8.81.